The van der Waals surface area contributed by atoms with Crippen molar-refractivity contribution in [3.63, 3.8) is 0 Å². The first kappa shape index (κ1) is 15.9. The van der Waals surface area contributed by atoms with Gasteiger partial charge in [0.1, 0.15) is 5.82 Å². The summed E-state index contributed by atoms with van der Waals surface area (Å²) in [6.45, 7) is 5.62. The van der Waals surface area contributed by atoms with E-state index >= 15 is 0 Å². The van der Waals surface area contributed by atoms with Gasteiger partial charge in [-0.05, 0) is 13.0 Å². The molecule has 6 heteroatoms. The van der Waals surface area contributed by atoms with Crippen LogP contribution in [-0.4, -0.2) is 53.6 Å². The Morgan fingerprint density at radius 3 is 3.00 bits per heavy atom. The van der Waals surface area contributed by atoms with Crippen LogP contribution in [0, 0.1) is 0 Å². The lowest BCUT2D eigenvalue weighted by molar-refractivity contribution is 0.180. The molecule has 0 saturated carbocycles. The number of pyridine rings is 1. The van der Waals surface area contributed by atoms with Crippen molar-refractivity contribution in [2.45, 2.75) is 31.7 Å². The van der Waals surface area contributed by atoms with Gasteiger partial charge in [-0.25, -0.2) is 9.78 Å². The van der Waals surface area contributed by atoms with Crippen molar-refractivity contribution in [2.75, 3.05) is 31.3 Å². The van der Waals surface area contributed by atoms with Crippen molar-refractivity contribution in [3.05, 3.63) is 23.9 Å². The highest BCUT2D eigenvalue weighted by molar-refractivity contribution is 8.00. The summed E-state index contributed by atoms with van der Waals surface area (Å²) in [4.78, 5) is 20.6. The number of carbonyl (C=O) groups excluding carboxylic acids is 1. The summed E-state index contributed by atoms with van der Waals surface area (Å²) in [5.74, 6) is 1.91. The minimum absolute atomic E-state index is 0.0169. The second-order valence-electron chi connectivity index (χ2n) is 5.55. The van der Waals surface area contributed by atoms with Gasteiger partial charge in [0.15, 0.2) is 0 Å². The molecule has 2 heterocycles. The van der Waals surface area contributed by atoms with Crippen LogP contribution in [-0.2, 0) is 6.54 Å². The van der Waals surface area contributed by atoms with Crippen molar-refractivity contribution in [1.29, 1.82) is 0 Å². The molecule has 0 aliphatic carbocycles. The van der Waals surface area contributed by atoms with E-state index in [2.05, 4.69) is 24.1 Å². The average molecular weight is 308 g/mol. The van der Waals surface area contributed by atoms with Gasteiger partial charge >= 0.3 is 6.03 Å². The molecule has 0 spiro atoms. The molecule has 0 radical (unpaired) electrons. The Balaban J connectivity index is 1.98. The van der Waals surface area contributed by atoms with E-state index in [4.69, 9.17) is 0 Å². The molecule has 0 unspecified atom stereocenters. The minimum atomic E-state index is 0.0169. The lowest BCUT2D eigenvalue weighted by Crippen LogP contribution is -2.51. The summed E-state index contributed by atoms with van der Waals surface area (Å²) >= 11 is 1.93. The van der Waals surface area contributed by atoms with Crippen LogP contribution in [0.3, 0.4) is 0 Å². The highest BCUT2D eigenvalue weighted by Gasteiger charge is 2.28. The quantitative estimate of drug-likeness (QED) is 0.930. The largest absolute Gasteiger partial charge is 0.362 e. The van der Waals surface area contributed by atoms with Gasteiger partial charge < -0.3 is 15.1 Å². The van der Waals surface area contributed by atoms with Crippen molar-refractivity contribution in [2.24, 2.45) is 0 Å². The zero-order chi connectivity index (χ0) is 15.4. The number of hydrogen-bond acceptors (Lipinski definition) is 4. The third-order valence-corrected chi connectivity index (χ3v) is 5.20. The summed E-state index contributed by atoms with van der Waals surface area (Å²) in [5.41, 5.74) is 1.03. The van der Waals surface area contributed by atoms with Crippen LogP contribution < -0.4 is 10.2 Å². The molecule has 1 aromatic heterocycles. The predicted octanol–water partition coefficient (Wildman–Crippen LogP) is 2.18. The van der Waals surface area contributed by atoms with Crippen molar-refractivity contribution in [1.82, 2.24) is 15.2 Å². The molecule has 0 aromatic carbocycles. The lowest BCUT2D eigenvalue weighted by atomic mass is 10.2. The van der Waals surface area contributed by atoms with Crippen LogP contribution in [0.2, 0.25) is 0 Å². The van der Waals surface area contributed by atoms with E-state index in [9.17, 15) is 4.79 Å². The zero-order valence-corrected chi connectivity index (χ0v) is 14.0. The monoisotopic (exact) mass is 308 g/mol. The van der Waals surface area contributed by atoms with Gasteiger partial charge in [0.2, 0.25) is 0 Å². The summed E-state index contributed by atoms with van der Waals surface area (Å²) < 4.78 is 0. The fraction of sp³-hybridized carbons (Fsp3) is 0.600. The molecule has 1 aliphatic heterocycles. The number of hydrogen-bond donors (Lipinski definition) is 1. The van der Waals surface area contributed by atoms with E-state index in [1.54, 1.807) is 6.20 Å². The van der Waals surface area contributed by atoms with Gasteiger partial charge in [0, 0.05) is 56.0 Å². The molecule has 2 amide bonds. The Labute approximate surface area is 131 Å². The van der Waals surface area contributed by atoms with Gasteiger partial charge in [0.05, 0.1) is 0 Å². The molecule has 5 nitrogen and oxygen atoms in total. The van der Waals surface area contributed by atoms with E-state index in [0.29, 0.717) is 11.8 Å². The fourth-order valence-corrected chi connectivity index (χ4v) is 3.56. The predicted molar refractivity (Wildman–Crippen MR) is 88.9 cm³/mol. The first-order valence-electron chi connectivity index (χ1n) is 7.28. The van der Waals surface area contributed by atoms with Gasteiger partial charge in [-0.2, -0.15) is 11.8 Å². The van der Waals surface area contributed by atoms with Crippen molar-refractivity contribution < 1.29 is 4.79 Å². The molecule has 1 fully saturated rings. The minimum Gasteiger partial charge on any atom is -0.362 e. The van der Waals surface area contributed by atoms with Crippen molar-refractivity contribution >= 4 is 23.6 Å². The molecule has 1 aromatic rings. The second-order valence-corrected chi connectivity index (χ2v) is 7.03. The van der Waals surface area contributed by atoms with E-state index in [1.165, 1.54) is 0 Å². The van der Waals surface area contributed by atoms with E-state index < -0.39 is 0 Å². The zero-order valence-electron chi connectivity index (χ0n) is 13.2. The van der Waals surface area contributed by atoms with Crippen LogP contribution in [0.1, 0.15) is 19.4 Å². The van der Waals surface area contributed by atoms with Crippen LogP contribution in [0.25, 0.3) is 0 Å². The highest BCUT2D eigenvalue weighted by Crippen LogP contribution is 2.24. The van der Waals surface area contributed by atoms with E-state index in [-0.39, 0.29) is 12.1 Å². The number of thioether (sulfide) groups is 1. The summed E-state index contributed by atoms with van der Waals surface area (Å²) in [6, 6.07) is 4.19. The first-order chi connectivity index (χ1) is 10.0. The number of nitrogens with one attached hydrogen (secondary N) is 1. The van der Waals surface area contributed by atoms with Crippen LogP contribution in [0.4, 0.5) is 10.6 Å². The first-order valence-corrected chi connectivity index (χ1v) is 8.33. The molecule has 1 aliphatic rings. The number of carbonyl (C=O) groups is 1. The van der Waals surface area contributed by atoms with Gasteiger partial charge in [-0.15, -0.1) is 0 Å². The molecule has 2 atom stereocenters. The Morgan fingerprint density at radius 2 is 2.29 bits per heavy atom. The topological polar surface area (TPSA) is 48.5 Å². The summed E-state index contributed by atoms with van der Waals surface area (Å²) in [6.07, 6.45) is 1.77. The molecule has 1 N–H and O–H groups in total. The number of amides is 2. The standard InChI is InChI=1S/C15H24N4OS/c1-11-12(2)21-9-8-19(11)15(20)17-10-13-6-5-7-16-14(13)18(3)4/h5-7,11-12H,8-10H2,1-4H3,(H,17,20)/t11-,12-/m1/s1. The number of aromatic nitrogens is 1. The number of urea groups is 1. The van der Waals surface area contributed by atoms with E-state index in [1.807, 2.05) is 47.8 Å². The molecule has 0 bridgehead atoms. The van der Waals surface area contributed by atoms with Crippen LogP contribution in [0.15, 0.2) is 18.3 Å². The molecule has 116 valence electrons. The second kappa shape index (κ2) is 7.02. The number of rotatable bonds is 3. The Bertz CT molecular complexity index is 494. The smallest absolute Gasteiger partial charge is 0.317 e. The molecular weight excluding hydrogens is 284 g/mol. The molecule has 1 saturated heterocycles. The van der Waals surface area contributed by atoms with E-state index in [0.717, 1.165) is 23.7 Å². The van der Waals surface area contributed by atoms with Crippen LogP contribution in [0.5, 0.6) is 0 Å². The van der Waals surface area contributed by atoms with Gasteiger partial charge in [-0.3, -0.25) is 0 Å². The van der Waals surface area contributed by atoms with Crippen LogP contribution >= 0.6 is 11.8 Å². The average Bonchev–Trinajstić information content (AvgIpc) is 2.47. The Morgan fingerprint density at radius 1 is 1.52 bits per heavy atom. The molecular formula is C15H24N4OS. The number of nitrogens with zero attached hydrogens (tertiary/aromatic N) is 3. The third-order valence-electron chi connectivity index (χ3n) is 3.87. The van der Waals surface area contributed by atoms with Crippen molar-refractivity contribution in [3.8, 4) is 0 Å². The maximum atomic E-state index is 12.4. The maximum absolute atomic E-state index is 12.4. The fourth-order valence-electron chi connectivity index (χ4n) is 2.46. The molecule has 21 heavy (non-hydrogen) atoms. The highest BCUT2D eigenvalue weighted by atomic mass is 32.2. The lowest BCUT2D eigenvalue weighted by Gasteiger charge is -2.37. The summed E-state index contributed by atoms with van der Waals surface area (Å²) in [7, 11) is 3.92. The van der Waals surface area contributed by atoms with Gasteiger partial charge in [-0.1, -0.05) is 13.0 Å². The Hall–Kier alpha value is -1.43. The SMILES string of the molecule is C[C@@H]1[C@@H](C)SCCN1C(=O)NCc1cccnc1N(C)C. The molecule has 2 rings (SSSR count). The third kappa shape index (κ3) is 3.81. The van der Waals surface area contributed by atoms with Gasteiger partial charge in [0.25, 0.3) is 0 Å². The summed E-state index contributed by atoms with van der Waals surface area (Å²) in [5, 5.41) is 3.51. The normalized spacial score (nSPS) is 22.0. The maximum Gasteiger partial charge on any atom is 0.317 e. The number of anilines is 1. The Kier molecular flexibility index (Phi) is 5.33.